The van der Waals surface area contributed by atoms with Gasteiger partial charge in [-0.1, -0.05) is 37.3 Å². The van der Waals surface area contributed by atoms with E-state index < -0.39 is 0 Å². The molecule has 0 unspecified atom stereocenters. The first kappa shape index (κ1) is 20.4. The van der Waals surface area contributed by atoms with E-state index in [1.165, 1.54) is 0 Å². The molecule has 7 heteroatoms. The maximum absolute atomic E-state index is 12.5. The molecule has 1 fully saturated rings. The molecule has 0 spiro atoms. The molecule has 0 bridgehead atoms. The molecule has 0 aliphatic carbocycles. The number of hydrogen-bond donors (Lipinski definition) is 3. The van der Waals surface area contributed by atoms with E-state index in [1.54, 1.807) is 17.0 Å². The number of nitrogens with one attached hydrogen (secondary N) is 3. The molecule has 0 aromatic heterocycles. The number of carbonyl (C=O) groups excluding carboxylic acids is 3. The van der Waals surface area contributed by atoms with E-state index in [0.29, 0.717) is 30.8 Å². The molecule has 1 heterocycles. The Morgan fingerprint density at radius 1 is 1.00 bits per heavy atom. The van der Waals surface area contributed by atoms with E-state index in [-0.39, 0.29) is 23.8 Å². The van der Waals surface area contributed by atoms with Crippen LogP contribution in [0.25, 0.3) is 0 Å². The minimum atomic E-state index is -0.368. The predicted molar refractivity (Wildman–Crippen MR) is 111 cm³/mol. The monoisotopic (exact) mass is 394 g/mol. The molecule has 152 valence electrons. The number of carbonyl (C=O) groups is 3. The molecular formula is C22H26N4O3. The number of benzene rings is 2. The van der Waals surface area contributed by atoms with Crippen LogP contribution in [0.2, 0.25) is 0 Å². The summed E-state index contributed by atoms with van der Waals surface area (Å²) in [7, 11) is 0. The van der Waals surface area contributed by atoms with Crippen LogP contribution >= 0.6 is 0 Å². The van der Waals surface area contributed by atoms with Crippen molar-refractivity contribution in [1.82, 2.24) is 15.8 Å². The van der Waals surface area contributed by atoms with Crippen LogP contribution in [0.5, 0.6) is 0 Å². The molecule has 1 aliphatic rings. The lowest BCUT2D eigenvalue weighted by Crippen LogP contribution is -2.50. The fourth-order valence-electron chi connectivity index (χ4n) is 3.28. The lowest BCUT2D eigenvalue weighted by atomic mass is 9.97. The molecular weight excluding hydrogens is 368 g/mol. The van der Waals surface area contributed by atoms with E-state index in [1.807, 2.05) is 49.4 Å². The summed E-state index contributed by atoms with van der Waals surface area (Å²) in [6, 6.07) is 16.2. The first-order chi connectivity index (χ1) is 14.1. The van der Waals surface area contributed by atoms with Crippen LogP contribution in [0.1, 0.15) is 35.7 Å². The molecule has 0 radical (unpaired) electrons. The van der Waals surface area contributed by atoms with Crippen LogP contribution in [-0.2, 0) is 11.2 Å². The summed E-state index contributed by atoms with van der Waals surface area (Å²) < 4.78 is 0. The normalized spacial score (nSPS) is 16.0. The van der Waals surface area contributed by atoms with Gasteiger partial charge in [-0.25, -0.2) is 4.79 Å². The molecule has 3 N–H and O–H groups in total. The van der Waals surface area contributed by atoms with Crippen LogP contribution in [0.15, 0.2) is 54.6 Å². The molecule has 2 aromatic rings. The molecule has 2 aromatic carbocycles. The van der Waals surface area contributed by atoms with Crippen molar-refractivity contribution < 1.29 is 14.4 Å². The number of hydrazine groups is 1. The highest BCUT2D eigenvalue weighted by Crippen LogP contribution is 2.18. The van der Waals surface area contributed by atoms with Crippen LogP contribution in [0.4, 0.5) is 10.5 Å². The van der Waals surface area contributed by atoms with Crippen molar-refractivity contribution in [3.8, 4) is 0 Å². The highest BCUT2D eigenvalue weighted by Gasteiger charge is 2.28. The third-order valence-corrected chi connectivity index (χ3v) is 5.03. The molecule has 29 heavy (non-hydrogen) atoms. The molecule has 1 atom stereocenters. The third-order valence-electron chi connectivity index (χ3n) is 5.03. The Kier molecular flexibility index (Phi) is 6.84. The van der Waals surface area contributed by atoms with Crippen LogP contribution < -0.4 is 16.2 Å². The summed E-state index contributed by atoms with van der Waals surface area (Å²) in [4.78, 5) is 38.8. The Morgan fingerprint density at radius 2 is 1.72 bits per heavy atom. The summed E-state index contributed by atoms with van der Waals surface area (Å²) >= 11 is 0. The summed E-state index contributed by atoms with van der Waals surface area (Å²) in [6.07, 6.45) is 2.30. The fourth-order valence-corrected chi connectivity index (χ4v) is 3.28. The Labute approximate surface area is 170 Å². The van der Waals surface area contributed by atoms with Crippen LogP contribution in [0, 0.1) is 5.92 Å². The minimum Gasteiger partial charge on any atom is -0.324 e. The highest BCUT2D eigenvalue weighted by molar-refractivity contribution is 5.95. The fraction of sp³-hybridized carbons (Fsp3) is 0.318. The maximum Gasteiger partial charge on any atom is 0.321 e. The minimum absolute atomic E-state index is 0.228. The Balaban J connectivity index is 1.49. The smallest absolute Gasteiger partial charge is 0.321 e. The van der Waals surface area contributed by atoms with E-state index in [9.17, 15) is 14.4 Å². The van der Waals surface area contributed by atoms with Gasteiger partial charge in [0.25, 0.3) is 5.91 Å². The first-order valence-corrected chi connectivity index (χ1v) is 9.87. The van der Waals surface area contributed by atoms with Gasteiger partial charge >= 0.3 is 6.03 Å². The van der Waals surface area contributed by atoms with Gasteiger partial charge in [-0.2, -0.15) is 0 Å². The Hall–Kier alpha value is -3.35. The quantitative estimate of drug-likeness (QED) is 0.697. The number of amides is 4. The maximum atomic E-state index is 12.5. The lowest BCUT2D eigenvalue weighted by Gasteiger charge is -2.32. The number of likely N-dealkylation sites (tertiary alicyclic amines) is 1. The summed E-state index contributed by atoms with van der Waals surface area (Å²) in [6.45, 7) is 2.95. The molecule has 3 rings (SSSR count). The van der Waals surface area contributed by atoms with Crippen LogP contribution in [0.3, 0.4) is 0 Å². The second-order valence-corrected chi connectivity index (χ2v) is 7.08. The molecule has 7 nitrogen and oxygen atoms in total. The van der Waals surface area contributed by atoms with Gasteiger partial charge in [-0.3, -0.25) is 20.4 Å². The molecule has 4 amide bonds. The summed E-state index contributed by atoms with van der Waals surface area (Å²) in [5, 5.41) is 2.84. The van der Waals surface area contributed by atoms with Crippen molar-refractivity contribution >= 4 is 23.5 Å². The number of hydrogen-bond acceptors (Lipinski definition) is 3. The van der Waals surface area contributed by atoms with Gasteiger partial charge in [0.15, 0.2) is 0 Å². The lowest BCUT2D eigenvalue weighted by molar-refractivity contribution is -0.127. The van der Waals surface area contributed by atoms with Gasteiger partial charge in [0.2, 0.25) is 5.91 Å². The number of urea groups is 1. The second-order valence-electron chi connectivity index (χ2n) is 7.08. The van der Waals surface area contributed by atoms with Crippen LogP contribution in [-0.4, -0.2) is 35.8 Å². The van der Waals surface area contributed by atoms with Crippen molar-refractivity contribution in [2.75, 3.05) is 18.4 Å². The summed E-state index contributed by atoms with van der Waals surface area (Å²) in [5.74, 6) is -1.02. The number of rotatable bonds is 4. The van der Waals surface area contributed by atoms with Gasteiger partial charge in [0.05, 0.1) is 5.92 Å². The largest absolute Gasteiger partial charge is 0.324 e. The zero-order valence-corrected chi connectivity index (χ0v) is 16.5. The van der Waals surface area contributed by atoms with Gasteiger partial charge in [0, 0.05) is 24.3 Å². The van der Waals surface area contributed by atoms with E-state index in [2.05, 4.69) is 16.2 Å². The van der Waals surface area contributed by atoms with Crippen molar-refractivity contribution in [2.24, 2.45) is 5.92 Å². The van der Waals surface area contributed by atoms with Gasteiger partial charge < -0.3 is 10.2 Å². The van der Waals surface area contributed by atoms with Crippen molar-refractivity contribution in [3.05, 3.63) is 65.7 Å². The number of piperidine rings is 1. The number of anilines is 1. The van der Waals surface area contributed by atoms with Gasteiger partial charge in [0.1, 0.15) is 0 Å². The van der Waals surface area contributed by atoms with Crippen molar-refractivity contribution in [3.63, 3.8) is 0 Å². The molecule has 0 saturated carbocycles. The number of para-hydroxylation sites is 1. The average molecular weight is 394 g/mol. The SMILES string of the molecule is CCc1ccc(C(=O)NNC(=O)[C@@H]2CCCN(C(=O)Nc3ccccc3)C2)cc1. The zero-order valence-electron chi connectivity index (χ0n) is 16.5. The summed E-state index contributed by atoms with van der Waals surface area (Å²) in [5.41, 5.74) is 7.29. The zero-order chi connectivity index (χ0) is 20.6. The van der Waals surface area contributed by atoms with E-state index in [4.69, 9.17) is 0 Å². The topological polar surface area (TPSA) is 90.5 Å². The molecule has 1 saturated heterocycles. The predicted octanol–water partition coefficient (Wildman–Crippen LogP) is 2.95. The van der Waals surface area contributed by atoms with E-state index >= 15 is 0 Å². The number of nitrogens with zero attached hydrogens (tertiary/aromatic N) is 1. The van der Waals surface area contributed by atoms with E-state index in [0.717, 1.165) is 18.4 Å². The standard InChI is InChI=1S/C22H26N4O3/c1-2-16-10-12-17(13-11-16)20(27)24-25-21(28)18-7-6-14-26(15-18)22(29)23-19-8-4-3-5-9-19/h3-5,8-13,18H,2,6-7,14-15H2,1H3,(H,23,29)(H,24,27)(H,25,28)/t18-/m1/s1. The Bertz CT molecular complexity index is 852. The third kappa shape index (κ3) is 5.57. The second kappa shape index (κ2) is 9.73. The van der Waals surface area contributed by atoms with Crippen molar-refractivity contribution in [1.29, 1.82) is 0 Å². The van der Waals surface area contributed by atoms with Gasteiger partial charge in [-0.05, 0) is 49.1 Å². The average Bonchev–Trinajstić information content (AvgIpc) is 2.78. The van der Waals surface area contributed by atoms with Gasteiger partial charge in [-0.15, -0.1) is 0 Å². The molecule has 1 aliphatic heterocycles. The Morgan fingerprint density at radius 3 is 2.41 bits per heavy atom. The first-order valence-electron chi connectivity index (χ1n) is 9.87. The number of aryl methyl sites for hydroxylation is 1. The van der Waals surface area contributed by atoms with Crippen molar-refractivity contribution in [2.45, 2.75) is 26.2 Å². The highest BCUT2D eigenvalue weighted by atomic mass is 16.2.